The van der Waals surface area contributed by atoms with Gasteiger partial charge in [-0.25, -0.2) is 0 Å². The minimum absolute atomic E-state index is 0.281. The summed E-state index contributed by atoms with van der Waals surface area (Å²) >= 11 is 1.67. The minimum Gasteiger partial charge on any atom is -0.387 e. The molecule has 0 radical (unpaired) electrons. The Bertz CT molecular complexity index is 529. The molecule has 2 unspecified atom stereocenters. The Kier molecular flexibility index (Phi) is 2.77. The van der Waals surface area contributed by atoms with Gasteiger partial charge in [-0.3, -0.25) is 0 Å². The molecule has 1 heterocycles. The summed E-state index contributed by atoms with van der Waals surface area (Å²) < 4.78 is 0. The maximum absolute atomic E-state index is 10.5. The topological polar surface area (TPSA) is 20.2 Å². The average molecular weight is 244 g/mol. The first-order chi connectivity index (χ1) is 8.27. The number of hydrogen-bond donors (Lipinski definition) is 1. The van der Waals surface area contributed by atoms with E-state index in [0.29, 0.717) is 0 Å². The van der Waals surface area contributed by atoms with Crippen LogP contribution in [0.5, 0.6) is 0 Å². The molecular formula is C15H16OS. The van der Waals surface area contributed by atoms with Gasteiger partial charge in [0.25, 0.3) is 0 Å². The molecule has 2 heteroatoms. The predicted octanol–water partition coefficient (Wildman–Crippen LogP) is 3.82. The largest absolute Gasteiger partial charge is 0.387 e. The van der Waals surface area contributed by atoms with E-state index in [4.69, 9.17) is 0 Å². The van der Waals surface area contributed by atoms with Gasteiger partial charge in [-0.2, -0.15) is 0 Å². The lowest BCUT2D eigenvalue weighted by Gasteiger charge is -2.19. The Labute approximate surface area is 106 Å². The van der Waals surface area contributed by atoms with E-state index >= 15 is 0 Å². The third-order valence-electron chi connectivity index (χ3n) is 3.73. The monoisotopic (exact) mass is 244 g/mol. The lowest BCUT2D eigenvalue weighted by atomic mass is 9.93. The van der Waals surface area contributed by atoms with Crippen LogP contribution in [0.1, 0.15) is 40.0 Å². The zero-order chi connectivity index (χ0) is 11.8. The molecule has 0 aliphatic heterocycles. The maximum atomic E-state index is 10.5. The van der Waals surface area contributed by atoms with Crippen molar-refractivity contribution in [1.82, 2.24) is 0 Å². The fourth-order valence-electron chi connectivity index (χ4n) is 2.79. The Morgan fingerprint density at radius 2 is 2.12 bits per heavy atom. The fraction of sp³-hybridized carbons (Fsp3) is 0.333. The number of benzene rings is 1. The SMILES string of the molecule is Cc1ccsc1C(O)C1CCc2ccccc21. The molecule has 1 aromatic carbocycles. The quantitative estimate of drug-likeness (QED) is 0.851. The molecule has 88 valence electrons. The van der Waals surface area contributed by atoms with Crippen LogP contribution in [0.25, 0.3) is 0 Å². The van der Waals surface area contributed by atoms with Crippen molar-refractivity contribution >= 4 is 11.3 Å². The van der Waals surface area contributed by atoms with Crippen molar-refractivity contribution in [3.63, 3.8) is 0 Å². The van der Waals surface area contributed by atoms with Crippen LogP contribution in [0.2, 0.25) is 0 Å². The van der Waals surface area contributed by atoms with Crippen LogP contribution < -0.4 is 0 Å². The Balaban J connectivity index is 1.95. The molecule has 2 aromatic rings. The van der Waals surface area contributed by atoms with Crippen LogP contribution in [0.3, 0.4) is 0 Å². The molecule has 2 atom stereocenters. The van der Waals surface area contributed by atoms with Crippen molar-refractivity contribution in [2.75, 3.05) is 0 Å². The Hall–Kier alpha value is -1.12. The van der Waals surface area contributed by atoms with Crippen LogP contribution in [-0.2, 0) is 6.42 Å². The number of thiophene rings is 1. The molecule has 0 saturated carbocycles. The summed E-state index contributed by atoms with van der Waals surface area (Å²) in [6.45, 7) is 2.08. The number of aliphatic hydroxyl groups excluding tert-OH is 1. The van der Waals surface area contributed by atoms with Crippen molar-refractivity contribution in [2.45, 2.75) is 31.8 Å². The molecular weight excluding hydrogens is 228 g/mol. The van der Waals surface area contributed by atoms with E-state index in [9.17, 15) is 5.11 Å². The lowest BCUT2D eigenvalue weighted by molar-refractivity contribution is 0.148. The number of aryl methyl sites for hydroxylation is 2. The normalized spacial score (nSPS) is 20.2. The molecule has 1 aromatic heterocycles. The molecule has 17 heavy (non-hydrogen) atoms. The van der Waals surface area contributed by atoms with E-state index in [1.165, 1.54) is 16.7 Å². The van der Waals surface area contributed by atoms with Gasteiger partial charge in [-0.15, -0.1) is 11.3 Å². The van der Waals surface area contributed by atoms with Crippen LogP contribution >= 0.6 is 11.3 Å². The summed E-state index contributed by atoms with van der Waals surface area (Å²) in [6.07, 6.45) is 1.83. The number of aliphatic hydroxyl groups is 1. The number of fused-ring (bicyclic) bond motifs is 1. The first-order valence-corrected chi connectivity index (χ1v) is 6.95. The van der Waals surface area contributed by atoms with Crippen LogP contribution in [0.4, 0.5) is 0 Å². The van der Waals surface area contributed by atoms with Gasteiger partial charge in [-0.1, -0.05) is 24.3 Å². The van der Waals surface area contributed by atoms with Crippen molar-refractivity contribution in [1.29, 1.82) is 0 Å². The van der Waals surface area contributed by atoms with E-state index in [1.54, 1.807) is 11.3 Å². The van der Waals surface area contributed by atoms with E-state index in [2.05, 4.69) is 42.6 Å². The van der Waals surface area contributed by atoms with E-state index in [0.717, 1.165) is 17.7 Å². The van der Waals surface area contributed by atoms with Crippen molar-refractivity contribution in [3.05, 3.63) is 57.3 Å². The highest BCUT2D eigenvalue weighted by molar-refractivity contribution is 7.10. The summed E-state index contributed by atoms with van der Waals surface area (Å²) in [5.41, 5.74) is 3.96. The molecule has 1 aliphatic carbocycles. The predicted molar refractivity (Wildman–Crippen MR) is 71.5 cm³/mol. The third kappa shape index (κ3) is 1.81. The second-order valence-electron chi connectivity index (χ2n) is 4.76. The molecule has 1 N–H and O–H groups in total. The van der Waals surface area contributed by atoms with Gasteiger partial charge < -0.3 is 5.11 Å². The second kappa shape index (κ2) is 4.28. The third-order valence-corrected chi connectivity index (χ3v) is 4.82. The summed E-state index contributed by atoms with van der Waals surface area (Å²) in [6, 6.07) is 10.6. The molecule has 0 amide bonds. The number of rotatable bonds is 2. The standard InChI is InChI=1S/C15H16OS/c1-10-8-9-17-15(10)14(16)13-7-6-11-4-2-3-5-12(11)13/h2-5,8-9,13-14,16H,6-7H2,1H3. The summed E-state index contributed by atoms with van der Waals surface area (Å²) in [5.74, 6) is 0.281. The molecule has 0 saturated heterocycles. The molecule has 0 bridgehead atoms. The molecule has 1 nitrogen and oxygen atoms in total. The first-order valence-electron chi connectivity index (χ1n) is 6.07. The number of hydrogen-bond acceptors (Lipinski definition) is 2. The van der Waals surface area contributed by atoms with Gasteiger partial charge in [0.05, 0.1) is 6.10 Å². The van der Waals surface area contributed by atoms with E-state index < -0.39 is 0 Å². The zero-order valence-electron chi connectivity index (χ0n) is 9.89. The lowest BCUT2D eigenvalue weighted by Crippen LogP contribution is -2.07. The minimum atomic E-state index is -0.335. The molecule has 0 spiro atoms. The van der Waals surface area contributed by atoms with Gasteiger partial charge >= 0.3 is 0 Å². The van der Waals surface area contributed by atoms with E-state index in [-0.39, 0.29) is 12.0 Å². The van der Waals surface area contributed by atoms with Gasteiger partial charge in [0.15, 0.2) is 0 Å². The average Bonchev–Trinajstić information content (AvgIpc) is 2.94. The zero-order valence-corrected chi connectivity index (χ0v) is 10.7. The summed E-state index contributed by atoms with van der Waals surface area (Å²) in [7, 11) is 0. The summed E-state index contributed by atoms with van der Waals surface area (Å²) in [4.78, 5) is 1.13. The van der Waals surface area contributed by atoms with E-state index in [1.807, 2.05) is 0 Å². The Morgan fingerprint density at radius 1 is 1.29 bits per heavy atom. The second-order valence-corrected chi connectivity index (χ2v) is 5.70. The first kappa shape index (κ1) is 11.0. The maximum Gasteiger partial charge on any atom is 0.0953 e. The van der Waals surface area contributed by atoms with Crippen LogP contribution in [0, 0.1) is 6.92 Å². The van der Waals surface area contributed by atoms with Crippen LogP contribution in [-0.4, -0.2) is 5.11 Å². The van der Waals surface area contributed by atoms with Gasteiger partial charge in [0, 0.05) is 10.8 Å². The van der Waals surface area contributed by atoms with Gasteiger partial charge in [-0.05, 0) is 47.9 Å². The van der Waals surface area contributed by atoms with Crippen molar-refractivity contribution in [3.8, 4) is 0 Å². The molecule has 3 rings (SSSR count). The smallest absolute Gasteiger partial charge is 0.0953 e. The highest BCUT2D eigenvalue weighted by Gasteiger charge is 2.30. The molecule has 1 aliphatic rings. The highest BCUT2D eigenvalue weighted by atomic mass is 32.1. The molecule has 0 fully saturated rings. The summed E-state index contributed by atoms with van der Waals surface area (Å²) in [5, 5.41) is 12.6. The highest BCUT2D eigenvalue weighted by Crippen LogP contribution is 2.43. The van der Waals surface area contributed by atoms with Crippen LogP contribution in [0.15, 0.2) is 35.7 Å². The van der Waals surface area contributed by atoms with Gasteiger partial charge in [0.2, 0.25) is 0 Å². The van der Waals surface area contributed by atoms with Crippen molar-refractivity contribution in [2.24, 2.45) is 0 Å². The Morgan fingerprint density at radius 3 is 2.88 bits per heavy atom. The van der Waals surface area contributed by atoms with Crippen molar-refractivity contribution < 1.29 is 5.11 Å². The van der Waals surface area contributed by atoms with Gasteiger partial charge in [0.1, 0.15) is 0 Å². The fourth-order valence-corrected chi connectivity index (χ4v) is 3.76.